The Bertz CT molecular complexity index is 1160. The van der Waals surface area contributed by atoms with Crippen LogP contribution in [0.1, 0.15) is 174 Å². The van der Waals surface area contributed by atoms with Crippen LogP contribution in [-0.4, -0.2) is 110 Å². The Morgan fingerprint density at radius 2 is 1.05 bits per heavy atom. The number of carbonyl (C=O) groups excluding carboxylic acids is 1. The summed E-state index contributed by atoms with van der Waals surface area (Å²) < 4.78 is 11.1. The minimum atomic E-state index is -1.67. The second-order valence-electron chi connectivity index (χ2n) is 16.4. The fourth-order valence-electron chi connectivity index (χ4n) is 7.16. The smallest absolute Gasteiger partial charge is 0.249 e. The van der Waals surface area contributed by atoms with E-state index in [-0.39, 0.29) is 12.8 Å². The van der Waals surface area contributed by atoms with Crippen LogP contribution in [0.3, 0.4) is 0 Å². The lowest BCUT2D eigenvalue weighted by atomic mass is 9.98. The third-order valence-electron chi connectivity index (χ3n) is 11.0. The number of nitrogens with one attached hydrogen (secondary N) is 1. The highest BCUT2D eigenvalue weighted by atomic mass is 16.7. The van der Waals surface area contributed by atoms with E-state index in [0.29, 0.717) is 19.3 Å². The number of carbonyl (C=O) groups is 1. The van der Waals surface area contributed by atoms with Crippen molar-refractivity contribution in [3.05, 3.63) is 60.8 Å². The van der Waals surface area contributed by atoms with Gasteiger partial charge in [0, 0.05) is 0 Å². The standard InChI is InChI=1S/C49H87NO10/c1-3-5-7-9-11-13-15-17-18-19-20-21-22-23-25-27-29-31-33-35-37-42(53)48(58)50-40(39-59-49-47(57)46(56)45(55)43(38-51)60-49)44(54)41(52)36-34-32-30-28-26-24-16-14-12-10-8-6-4-2/h5-8,11,13-14,16,28,30,40-47,49,51-57H,3-4,9-10,12,15,17-27,29,31-39H2,1-2H3,(H,50,58)/b7-5-,8-6+,13-11-,16-14+,30-28+. The lowest BCUT2D eigenvalue weighted by molar-refractivity contribution is -0.303. The molecule has 9 unspecified atom stereocenters. The van der Waals surface area contributed by atoms with E-state index in [4.69, 9.17) is 9.47 Å². The van der Waals surface area contributed by atoms with E-state index in [2.05, 4.69) is 73.8 Å². The van der Waals surface area contributed by atoms with Crippen LogP contribution in [0.4, 0.5) is 0 Å². The van der Waals surface area contributed by atoms with Crippen molar-refractivity contribution in [2.75, 3.05) is 13.2 Å². The lowest BCUT2D eigenvalue weighted by Crippen LogP contribution is -2.60. The van der Waals surface area contributed by atoms with E-state index in [1.54, 1.807) is 0 Å². The van der Waals surface area contributed by atoms with Crippen molar-refractivity contribution in [3.8, 4) is 0 Å². The fourth-order valence-corrected chi connectivity index (χ4v) is 7.16. The summed E-state index contributed by atoms with van der Waals surface area (Å²) in [7, 11) is 0. The first-order valence-electron chi connectivity index (χ1n) is 23.7. The van der Waals surface area contributed by atoms with Crippen molar-refractivity contribution in [2.24, 2.45) is 0 Å². The van der Waals surface area contributed by atoms with Crippen molar-refractivity contribution >= 4 is 5.91 Å². The van der Waals surface area contributed by atoms with Crippen LogP contribution >= 0.6 is 0 Å². The summed E-state index contributed by atoms with van der Waals surface area (Å²) in [5.74, 6) is -0.717. The normalized spacial score (nSPS) is 22.2. The van der Waals surface area contributed by atoms with Crippen LogP contribution in [0.15, 0.2) is 60.8 Å². The van der Waals surface area contributed by atoms with Crippen molar-refractivity contribution in [1.29, 1.82) is 0 Å². The molecule has 0 aromatic rings. The van der Waals surface area contributed by atoms with Crippen molar-refractivity contribution < 1.29 is 50.0 Å². The molecule has 1 amide bonds. The molecule has 1 aliphatic rings. The molecule has 1 aliphatic heterocycles. The molecule has 348 valence electrons. The Hall–Kier alpha value is -2.19. The number of ether oxygens (including phenoxy) is 2. The number of aliphatic hydroxyl groups is 7. The lowest BCUT2D eigenvalue weighted by Gasteiger charge is -2.40. The van der Waals surface area contributed by atoms with Gasteiger partial charge in [0.1, 0.15) is 36.6 Å². The Balaban J connectivity index is 2.43. The molecule has 1 fully saturated rings. The minimum absolute atomic E-state index is 0.238. The molecular weight excluding hydrogens is 763 g/mol. The molecule has 0 aliphatic carbocycles. The van der Waals surface area contributed by atoms with Gasteiger partial charge in [0.05, 0.1) is 25.4 Å². The van der Waals surface area contributed by atoms with E-state index in [1.807, 2.05) is 6.08 Å². The van der Waals surface area contributed by atoms with Gasteiger partial charge in [0.15, 0.2) is 6.29 Å². The predicted octanol–water partition coefficient (Wildman–Crippen LogP) is 7.94. The first-order valence-corrected chi connectivity index (χ1v) is 23.7. The van der Waals surface area contributed by atoms with Crippen molar-refractivity contribution in [1.82, 2.24) is 5.32 Å². The summed E-state index contributed by atoms with van der Waals surface area (Å²) in [6.45, 7) is 3.19. The van der Waals surface area contributed by atoms with Crippen LogP contribution in [-0.2, 0) is 14.3 Å². The van der Waals surface area contributed by atoms with Crippen LogP contribution < -0.4 is 5.32 Å². The predicted molar refractivity (Wildman–Crippen MR) is 242 cm³/mol. The highest BCUT2D eigenvalue weighted by molar-refractivity contribution is 5.80. The molecule has 9 atom stereocenters. The van der Waals surface area contributed by atoms with E-state index < -0.39 is 74.2 Å². The number of hydrogen-bond donors (Lipinski definition) is 8. The molecule has 11 heteroatoms. The Morgan fingerprint density at radius 3 is 1.62 bits per heavy atom. The van der Waals surface area contributed by atoms with Gasteiger partial charge in [-0.3, -0.25) is 4.79 Å². The summed E-state index contributed by atoms with van der Waals surface area (Å²) in [5, 5.41) is 75.6. The average Bonchev–Trinajstić information content (AvgIpc) is 3.25. The topological polar surface area (TPSA) is 189 Å². The Kier molecular flexibility index (Phi) is 35.8. The van der Waals surface area contributed by atoms with E-state index in [0.717, 1.165) is 64.2 Å². The maximum atomic E-state index is 13.1. The van der Waals surface area contributed by atoms with Crippen LogP contribution in [0.5, 0.6) is 0 Å². The maximum Gasteiger partial charge on any atom is 0.249 e. The SMILES string of the molecule is CC/C=C\C/C=C\CCCCCCCCCCCCCCCC(O)C(=O)NC(COC1OC(CO)C(O)C(O)C1O)C(O)C(O)CCC/C=C/CC/C=C/CC/C=C/CC. The summed E-state index contributed by atoms with van der Waals surface area (Å²) in [5.41, 5.74) is 0. The largest absolute Gasteiger partial charge is 0.394 e. The van der Waals surface area contributed by atoms with Gasteiger partial charge in [-0.15, -0.1) is 0 Å². The summed E-state index contributed by atoms with van der Waals surface area (Å²) in [6, 6.07) is -1.19. The molecule has 1 saturated heterocycles. The number of rotatable bonds is 38. The maximum absolute atomic E-state index is 13.1. The van der Waals surface area contributed by atoms with Gasteiger partial charge in [-0.05, 0) is 83.5 Å². The molecule has 0 spiro atoms. The third kappa shape index (κ3) is 27.7. The van der Waals surface area contributed by atoms with Crippen LogP contribution in [0.2, 0.25) is 0 Å². The molecule has 0 radical (unpaired) electrons. The monoisotopic (exact) mass is 850 g/mol. The van der Waals surface area contributed by atoms with Gasteiger partial charge in [-0.2, -0.15) is 0 Å². The molecule has 8 N–H and O–H groups in total. The van der Waals surface area contributed by atoms with Gasteiger partial charge in [-0.1, -0.05) is 152 Å². The highest BCUT2D eigenvalue weighted by Gasteiger charge is 2.44. The number of hydrogen-bond acceptors (Lipinski definition) is 10. The van der Waals surface area contributed by atoms with Gasteiger partial charge in [0.2, 0.25) is 5.91 Å². The molecule has 0 bridgehead atoms. The van der Waals surface area contributed by atoms with E-state index in [9.17, 15) is 40.5 Å². The molecule has 0 aromatic heterocycles. The van der Waals surface area contributed by atoms with Gasteiger partial charge < -0.3 is 50.5 Å². The minimum Gasteiger partial charge on any atom is -0.394 e. The van der Waals surface area contributed by atoms with Gasteiger partial charge in [0.25, 0.3) is 0 Å². The highest BCUT2D eigenvalue weighted by Crippen LogP contribution is 2.23. The van der Waals surface area contributed by atoms with Crippen LogP contribution in [0, 0.1) is 0 Å². The molecule has 0 aromatic carbocycles. The number of aliphatic hydroxyl groups excluding tert-OH is 7. The molecular formula is C49H87NO10. The Labute approximate surface area is 363 Å². The molecule has 0 saturated carbocycles. The average molecular weight is 850 g/mol. The zero-order valence-electron chi connectivity index (χ0n) is 37.4. The van der Waals surface area contributed by atoms with Gasteiger partial charge >= 0.3 is 0 Å². The molecule has 1 heterocycles. The Morgan fingerprint density at radius 1 is 0.583 bits per heavy atom. The fraction of sp³-hybridized carbons (Fsp3) is 0.776. The van der Waals surface area contributed by atoms with Crippen molar-refractivity contribution in [3.63, 3.8) is 0 Å². The first-order chi connectivity index (χ1) is 29.2. The quantitative estimate of drug-likeness (QED) is 0.0224. The number of unbranched alkanes of at least 4 members (excludes halogenated alkanes) is 16. The zero-order chi connectivity index (χ0) is 44.1. The second-order valence-corrected chi connectivity index (χ2v) is 16.4. The third-order valence-corrected chi connectivity index (χ3v) is 11.0. The summed E-state index contributed by atoms with van der Waals surface area (Å²) in [6.07, 6.45) is 35.6. The summed E-state index contributed by atoms with van der Waals surface area (Å²) in [4.78, 5) is 13.1. The van der Waals surface area contributed by atoms with E-state index >= 15 is 0 Å². The molecule has 1 rings (SSSR count). The number of allylic oxidation sites excluding steroid dienone is 10. The zero-order valence-corrected chi connectivity index (χ0v) is 37.4. The molecule has 11 nitrogen and oxygen atoms in total. The van der Waals surface area contributed by atoms with Crippen LogP contribution in [0.25, 0.3) is 0 Å². The van der Waals surface area contributed by atoms with E-state index in [1.165, 1.54) is 64.2 Å². The molecule has 60 heavy (non-hydrogen) atoms. The second kappa shape index (κ2) is 38.5. The first kappa shape index (κ1) is 55.8. The number of amides is 1. The van der Waals surface area contributed by atoms with Crippen molar-refractivity contribution in [2.45, 2.75) is 229 Å². The summed E-state index contributed by atoms with van der Waals surface area (Å²) >= 11 is 0. The van der Waals surface area contributed by atoms with Gasteiger partial charge in [-0.25, -0.2) is 0 Å².